The molecule has 1 aromatic rings. The lowest BCUT2D eigenvalue weighted by Crippen LogP contribution is -2.21. The summed E-state index contributed by atoms with van der Waals surface area (Å²) < 4.78 is 10.4. The van der Waals surface area contributed by atoms with Gasteiger partial charge in [0.2, 0.25) is 0 Å². The van der Waals surface area contributed by atoms with Crippen LogP contribution >= 0.6 is 0 Å². The normalized spacial score (nSPS) is 10.2. The molecule has 0 amide bonds. The summed E-state index contributed by atoms with van der Waals surface area (Å²) in [6.07, 6.45) is 0. The van der Waals surface area contributed by atoms with E-state index in [9.17, 15) is 0 Å². The summed E-state index contributed by atoms with van der Waals surface area (Å²) in [5.41, 5.74) is 1.24. The molecule has 0 aliphatic carbocycles. The third kappa shape index (κ3) is 3.74. The summed E-state index contributed by atoms with van der Waals surface area (Å²) in [5.74, 6) is 0.896. The number of ether oxygens (including phenoxy) is 2. The van der Waals surface area contributed by atoms with Gasteiger partial charge in [0.15, 0.2) is 0 Å². The molecule has 90 valence electrons. The standard InChI is InChI=1S/C13H21NO2/c1-4-14(5-2)12-6-8-13(9-7-12)16-11-10-15-3/h6-9H,4-5,10-11H2,1-3H3. The molecule has 16 heavy (non-hydrogen) atoms. The maximum absolute atomic E-state index is 5.50. The summed E-state index contributed by atoms with van der Waals surface area (Å²) in [4.78, 5) is 2.30. The number of rotatable bonds is 7. The summed E-state index contributed by atoms with van der Waals surface area (Å²) >= 11 is 0. The Morgan fingerprint density at radius 2 is 1.62 bits per heavy atom. The highest BCUT2D eigenvalue weighted by Crippen LogP contribution is 2.18. The minimum atomic E-state index is 0.598. The van der Waals surface area contributed by atoms with E-state index in [1.54, 1.807) is 7.11 Å². The predicted octanol–water partition coefficient (Wildman–Crippen LogP) is 2.56. The summed E-state index contributed by atoms with van der Waals surface area (Å²) in [7, 11) is 1.67. The first-order valence-corrected chi connectivity index (χ1v) is 5.78. The topological polar surface area (TPSA) is 21.7 Å². The fourth-order valence-electron chi connectivity index (χ4n) is 1.58. The summed E-state index contributed by atoms with van der Waals surface area (Å²) in [6.45, 7) is 7.60. The van der Waals surface area contributed by atoms with Gasteiger partial charge in [0.05, 0.1) is 6.61 Å². The number of nitrogens with zero attached hydrogens (tertiary/aromatic N) is 1. The molecule has 1 aromatic carbocycles. The van der Waals surface area contributed by atoms with Crippen LogP contribution in [0.2, 0.25) is 0 Å². The van der Waals surface area contributed by atoms with Crippen LogP contribution in [0.15, 0.2) is 24.3 Å². The van der Waals surface area contributed by atoms with E-state index in [1.165, 1.54) is 5.69 Å². The van der Waals surface area contributed by atoms with Crippen LogP contribution in [0, 0.1) is 0 Å². The van der Waals surface area contributed by atoms with Gasteiger partial charge in [-0.1, -0.05) is 0 Å². The number of anilines is 1. The zero-order valence-corrected chi connectivity index (χ0v) is 10.4. The zero-order chi connectivity index (χ0) is 11.8. The molecule has 3 heteroatoms. The van der Waals surface area contributed by atoms with Gasteiger partial charge < -0.3 is 14.4 Å². The van der Waals surface area contributed by atoms with Crippen molar-refractivity contribution in [1.29, 1.82) is 0 Å². The first-order valence-electron chi connectivity index (χ1n) is 5.78. The Balaban J connectivity index is 2.53. The van der Waals surface area contributed by atoms with Crippen molar-refractivity contribution < 1.29 is 9.47 Å². The van der Waals surface area contributed by atoms with Gasteiger partial charge in [-0.05, 0) is 38.1 Å². The molecule has 1 rings (SSSR count). The van der Waals surface area contributed by atoms with E-state index in [1.807, 2.05) is 12.1 Å². The van der Waals surface area contributed by atoms with E-state index in [0.29, 0.717) is 13.2 Å². The predicted molar refractivity (Wildman–Crippen MR) is 67.4 cm³/mol. The van der Waals surface area contributed by atoms with Crippen LogP contribution in [0.5, 0.6) is 5.75 Å². The van der Waals surface area contributed by atoms with E-state index in [4.69, 9.17) is 9.47 Å². The molecule has 0 heterocycles. The Kier molecular flexibility index (Phi) is 5.72. The van der Waals surface area contributed by atoms with Gasteiger partial charge >= 0.3 is 0 Å². The van der Waals surface area contributed by atoms with Gasteiger partial charge in [0.25, 0.3) is 0 Å². The smallest absolute Gasteiger partial charge is 0.119 e. The first-order chi connectivity index (χ1) is 7.81. The van der Waals surface area contributed by atoms with Gasteiger partial charge in [0, 0.05) is 25.9 Å². The van der Waals surface area contributed by atoms with Gasteiger partial charge in [-0.3, -0.25) is 0 Å². The molecule has 0 saturated carbocycles. The van der Waals surface area contributed by atoms with Crippen LogP contribution in [-0.2, 0) is 4.74 Å². The van der Waals surface area contributed by atoms with Crippen LogP contribution in [-0.4, -0.2) is 33.4 Å². The lowest BCUT2D eigenvalue weighted by molar-refractivity contribution is 0.146. The van der Waals surface area contributed by atoms with Crippen molar-refractivity contribution in [3.8, 4) is 5.75 Å². The molecule has 0 unspecified atom stereocenters. The molecular weight excluding hydrogens is 202 g/mol. The number of benzene rings is 1. The molecular formula is C13H21NO2. The molecule has 0 aliphatic rings. The molecule has 0 radical (unpaired) electrons. The summed E-state index contributed by atoms with van der Waals surface area (Å²) in [6, 6.07) is 8.19. The fourth-order valence-corrected chi connectivity index (χ4v) is 1.58. The fraction of sp³-hybridized carbons (Fsp3) is 0.538. The van der Waals surface area contributed by atoms with Crippen molar-refractivity contribution >= 4 is 5.69 Å². The van der Waals surface area contributed by atoms with Gasteiger partial charge in [0.1, 0.15) is 12.4 Å². The van der Waals surface area contributed by atoms with Crippen LogP contribution in [0.25, 0.3) is 0 Å². The van der Waals surface area contributed by atoms with E-state index >= 15 is 0 Å². The van der Waals surface area contributed by atoms with Crippen LogP contribution in [0.1, 0.15) is 13.8 Å². The van der Waals surface area contributed by atoms with Crippen molar-refractivity contribution in [3.05, 3.63) is 24.3 Å². The van der Waals surface area contributed by atoms with E-state index in [0.717, 1.165) is 18.8 Å². The SMILES string of the molecule is CCN(CC)c1ccc(OCCOC)cc1. The van der Waals surface area contributed by atoms with Crippen molar-refractivity contribution in [1.82, 2.24) is 0 Å². The van der Waals surface area contributed by atoms with Crippen molar-refractivity contribution in [2.24, 2.45) is 0 Å². The van der Waals surface area contributed by atoms with Gasteiger partial charge in [-0.15, -0.1) is 0 Å². The third-order valence-corrected chi connectivity index (χ3v) is 2.52. The lowest BCUT2D eigenvalue weighted by atomic mass is 10.2. The Morgan fingerprint density at radius 1 is 1.00 bits per heavy atom. The molecule has 0 aliphatic heterocycles. The molecule has 0 aromatic heterocycles. The highest BCUT2D eigenvalue weighted by atomic mass is 16.5. The van der Waals surface area contributed by atoms with Crippen LogP contribution < -0.4 is 9.64 Å². The highest BCUT2D eigenvalue weighted by molar-refractivity contribution is 5.48. The average molecular weight is 223 g/mol. The quantitative estimate of drug-likeness (QED) is 0.663. The lowest BCUT2D eigenvalue weighted by Gasteiger charge is -2.21. The molecule has 0 saturated heterocycles. The van der Waals surface area contributed by atoms with Crippen molar-refractivity contribution in [2.75, 3.05) is 38.3 Å². The summed E-state index contributed by atoms with van der Waals surface area (Å²) in [5, 5.41) is 0. The zero-order valence-electron chi connectivity index (χ0n) is 10.4. The second-order valence-electron chi connectivity index (χ2n) is 3.51. The average Bonchev–Trinajstić information content (AvgIpc) is 2.33. The van der Waals surface area contributed by atoms with Gasteiger partial charge in [-0.2, -0.15) is 0 Å². The second-order valence-corrected chi connectivity index (χ2v) is 3.51. The number of methoxy groups -OCH3 is 1. The van der Waals surface area contributed by atoms with Gasteiger partial charge in [-0.25, -0.2) is 0 Å². The molecule has 0 fully saturated rings. The molecule has 0 atom stereocenters. The highest BCUT2D eigenvalue weighted by Gasteiger charge is 2.01. The first kappa shape index (κ1) is 12.8. The molecule has 3 nitrogen and oxygen atoms in total. The second kappa shape index (κ2) is 7.12. The van der Waals surface area contributed by atoms with E-state index < -0.39 is 0 Å². The number of hydrogen-bond donors (Lipinski definition) is 0. The van der Waals surface area contributed by atoms with Crippen molar-refractivity contribution in [3.63, 3.8) is 0 Å². The monoisotopic (exact) mass is 223 g/mol. The minimum Gasteiger partial charge on any atom is -0.491 e. The largest absolute Gasteiger partial charge is 0.491 e. The maximum atomic E-state index is 5.50. The Hall–Kier alpha value is -1.22. The number of hydrogen-bond acceptors (Lipinski definition) is 3. The molecule has 0 bridgehead atoms. The Bertz CT molecular complexity index is 280. The minimum absolute atomic E-state index is 0.598. The Labute approximate surface area is 98.0 Å². The van der Waals surface area contributed by atoms with E-state index in [2.05, 4.69) is 30.9 Å². The molecule has 0 spiro atoms. The Morgan fingerprint density at radius 3 is 2.12 bits per heavy atom. The van der Waals surface area contributed by atoms with Crippen LogP contribution in [0.3, 0.4) is 0 Å². The van der Waals surface area contributed by atoms with Crippen molar-refractivity contribution in [2.45, 2.75) is 13.8 Å². The maximum Gasteiger partial charge on any atom is 0.119 e. The van der Waals surface area contributed by atoms with Crippen LogP contribution in [0.4, 0.5) is 5.69 Å². The third-order valence-electron chi connectivity index (χ3n) is 2.52. The van der Waals surface area contributed by atoms with E-state index in [-0.39, 0.29) is 0 Å². The molecule has 0 N–H and O–H groups in total.